The Morgan fingerprint density at radius 3 is 2.41 bits per heavy atom. The number of hydrogen-bond acceptors (Lipinski definition) is 2. The number of amides is 1. The summed E-state index contributed by atoms with van der Waals surface area (Å²) in [6.07, 6.45) is -1.50. The first-order valence-electron chi connectivity index (χ1n) is 5.87. The van der Waals surface area contributed by atoms with E-state index in [4.69, 9.17) is 5.73 Å². The number of carbonyl (C=O) groups excluding carboxylic acids is 1. The van der Waals surface area contributed by atoms with Crippen LogP contribution in [0.5, 0.6) is 0 Å². The van der Waals surface area contributed by atoms with Crippen LogP contribution in [-0.4, -0.2) is 36.6 Å². The quantitative estimate of drug-likeness (QED) is 0.804. The van der Waals surface area contributed by atoms with Crippen molar-refractivity contribution in [1.29, 1.82) is 0 Å². The third-order valence-electron chi connectivity index (χ3n) is 4.06. The lowest BCUT2D eigenvalue weighted by Crippen LogP contribution is -2.48. The smallest absolute Gasteiger partial charge is 0.336 e. The van der Waals surface area contributed by atoms with Gasteiger partial charge in [-0.25, -0.2) is 0 Å². The van der Waals surface area contributed by atoms with Gasteiger partial charge in [-0.15, -0.1) is 0 Å². The molecule has 0 aromatic heterocycles. The number of nitrogens with zero attached hydrogens (tertiary/aromatic N) is 1. The van der Waals surface area contributed by atoms with E-state index in [9.17, 15) is 18.0 Å². The van der Waals surface area contributed by atoms with Crippen LogP contribution < -0.4 is 5.73 Å². The highest BCUT2D eigenvalue weighted by molar-refractivity contribution is 5.80. The van der Waals surface area contributed by atoms with E-state index in [0.29, 0.717) is 5.92 Å². The predicted octanol–water partition coefficient (Wildman–Crippen LogP) is 1.38. The number of rotatable bonds is 2. The average molecular weight is 250 g/mol. The number of fused-ring (bicyclic) bond motifs is 2. The Kier molecular flexibility index (Phi) is 3.10. The Labute approximate surface area is 98.1 Å². The maximum atomic E-state index is 12.2. The summed E-state index contributed by atoms with van der Waals surface area (Å²) in [6.45, 7) is -1.19. The van der Waals surface area contributed by atoms with Crippen molar-refractivity contribution in [2.24, 2.45) is 23.5 Å². The fraction of sp³-hybridized carbons (Fsp3) is 0.909. The van der Waals surface area contributed by atoms with E-state index in [1.165, 1.54) is 7.05 Å². The molecule has 2 saturated carbocycles. The third kappa shape index (κ3) is 2.41. The van der Waals surface area contributed by atoms with Gasteiger partial charge in [0, 0.05) is 13.1 Å². The second-order valence-corrected chi connectivity index (χ2v) is 5.25. The lowest BCUT2D eigenvalue weighted by molar-refractivity contribution is -0.162. The van der Waals surface area contributed by atoms with Gasteiger partial charge in [0.1, 0.15) is 6.54 Å². The second kappa shape index (κ2) is 4.15. The minimum Gasteiger partial charge on any atom is -0.336 e. The first-order chi connectivity index (χ1) is 7.79. The van der Waals surface area contributed by atoms with Gasteiger partial charge >= 0.3 is 6.18 Å². The molecule has 0 spiro atoms. The van der Waals surface area contributed by atoms with Crippen LogP contribution in [0.3, 0.4) is 0 Å². The molecule has 2 bridgehead atoms. The zero-order chi connectivity index (χ0) is 12.8. The standard InChI is InChI=1S/C11H17F3N2O/c1-16(5-11(12,13)14)10(17)8-6-2-3-7(4-6)9(8)15/h6-9H,2-5,15H2,1H3. The lowest BCUT2D eigenvalue weighted by Gasteiger charge is -2.31. The molecule has 4 unspecified atom stereocenters. The van der Waals surface area contributed by atoms with Gasteiger partial charge in [0.2, 0.25) is 5.91 Å². The summed E-state index contributed by atoms with van der Waals surface area (Å²) in [5.41, 5.74) is 5.94. The molecule has 98 valence electrons. The Morgan fingerprint density at radius 1 is 1.35 bits per heavy atom. The van der Waals surface area contributed by atoms with Crippen LogP contribution in [0.2, 0.25) is 0 Å². The molecule has 0 aliphatic heterocycles. The number of nitrogens with two attached hydrogens (primary N) is 1. The van der Waals surface area contributed by atoms with Gasteiger partial charge in [0.05, 0.1) is 5.92 Å². The maximum Gasteiger partial charge on any atom is 0.406 e. The van der Waals surface area contributed by atoms with Gasteiger partial charge in [-0.1, -0.05) is 0 Å². The summed E-state index contributed by atoms with van der Waals surface area (Å²) in [5.74, 6) is -0.324. The number of carbonyl (C=O) groups is 1. The molecule has 0 radical (unpaired) electrons. The third-order valence-corrected chi connectivity index (χ3v) is 4.06. The van der Waals surface area contributed by atoms with Crippen LogP contribution in [-0.2, 0) is 4.79 Å². The summed E-state index contributed by atoms with van der Waals surface area (Å²) in [5, 5.41) is 0. The van der Waals surface area contributed by atoms with Crippen LogP contribution in [0, 0.1) is 17.8 Å². The molecule has 17 heavy (non-hydrogen) atoms. The monoisotopic (exact) mass is 250 g/mol. The van der Waals surface area contributed by atoms with Crippen molar-refractivity contribution < 1.29 is 18.0 Å². The summed E-state index contributed by atoms with van der Waals surface area (Å²) in [4.78, 5) is 12.7. The minimum absolute atomic E-state index is 0.193. The van der Waals surface area contributed by atoms with E-state index < -0.39 is 24.5 Å². The number of halogens is 3. The highest BCUT2D eigenvalue weighted by Crippen LogP contribution is 2.48. The van der Waals surface area contributed by atoms with Crippen LogP contribution >= 0.6 is 0 Å². The SMILES string of the molecule is CN(CC(F)(F)F)C(=O)C1C2CCC(C2)C1N. The molecule has 4 atom stereocenters. The van der Waals surface area contributed by atoms with Crippen molar-refractivity contribution in [2.75, 3.05) is 13.6 Å². The summed E-state index contributed by atoms with van der Waals surface area (Å²) < 4.78 is 36.6. The normalized spacial score (nSPS) is 36.3. The van der Waals surface area contributed by atoms with Gasteiger partial charge in [0.15, 0.2) is 0 Å². The van der Waals surface area contributed by atoms with Crippen molar-refractivity contribution in [3.8, 4) is 0 Å². The summed E-state index contributed by atoms with van der Waals surface area (Å²) in [7, 11) is 1.20. The van der Waals surface area contributed by atoms with Crippen LogP contribution in [0.25, 0.3) is 0 Å². The molecule has 2 fully saturated rings. The Hall–Kier alpha value is -0.780. The Bertz CT molecular complexity index is 316. The highest BCUT2D eigenvalue weighted by atomic mass is 19.4. The molecular weight excluding hydrogens is 233 g/mol. The van der Waals surface area contributed by atoms with Crippen molar-refractivity contribution >= 4 is 5.91 Å². The topological polar surface area (TPSA) is 46.3 Å². The van der Waals surface area contributed by atoms with E-state index in [1.807, 2.05) is 0 Å². The van der Waals surface area contributed by atoms with E-state index >= 15 is 0 Å². The predicted molar refractivity (Wildman–Crippen MR) is 56.0 cm³/mol. The molecule has 2 aliphatic rings. The van der Waals surface area contributed by atoms with E-state index in [2.05, 4.69) is 0 Å². The minimum atomic E-state index is -4.34. The van der Waals surface area contributed by atoms with Crippen molar-refractivity contribution in [1.82, 2.24) is 4.90 Å². The van der Waals surface area contributed by atoms with Crippen LogP contribution in [0.15, 0.2) is 0 Å². The molecule has 1 amide bonds. The first-order valence-corrected chi connectivity index (χ1v) is 5.87. The highest BCUT2D eigenvalue weighted by Gasteiger charge is 2.50. The molecule has 6 heteroatoms. The first kappa shape index (κ1) is 12.7. The van der Waals surface area contributed by atoms with Gasteiger partial charge in [-0.2, -0.15) is 13.2 Å². The molecule has 2 N–H and O–H groups in total. The molecule has 0 aromatic carbocycles. The molecule has 2 aliphatic carbocycles. The maximum absolute atomic E-state index is 12.2. The molecular formula is C11H17F3N2O. The Balaban J connectivity index is 2.01. The molecule has 2 rings (SSSR count). The van der Waals surface area contributed by atoms with Gasteiger partial charge < -0.3 is 10.6 Å². The largest absolute Gasteiger partial charge is 0.406 e. The zero-order valence-electron chi connectivity index (χ0n) is 9.70. The zero-order valence-corrected chi connectivity index (χ0v) is 9.70. The van der Waals surface area contributed by atoms with Gasteiger partial charge in [-0.05, 0) is 31.1 Å². The van der Waals surface area contributed by atoms with E-state index in [-0.39, 0.29) is 12.0 Å². The molecule has 0 aromatic rings. The number of alkyl halides is 3. The van der Waals surface area contributed by atoms with Crippen LogP contribution in [0.1, 0.15) is 19.3 Å². The van der Waals surface area contributed by atoms with Gasteiger partial charge in [-0.3, -0.25) is 4.79 Å². The summed E-state index contributed by atoms with van der Waals surface area (Å²) in [6, 6.07) is -0.253. The van der Waals surface area contributed by atoms with Crippen molar-refractivity contribution in [3.63, 3.8) is 0 Å². The second-order valence-electron chi connectivity index (χ2n) is 5.25. The Morgan fingerprint density at radius 2 is 1.94 bits per heavy atom. The van der Waals surface area contributed by atoms with Crippen LogP contribution in [0.4, 0.5) is 13.2 Å². The fourth-order valence-electron chi connectivity index (χ4n) is 3.30. The molecule has 3 nitrogen and oxygen atoms in total. The fourth-order valence-corrected chi connectivity index (χ4v) is 3.30. The molecule has 0 saturated heterocycles. The summed E-state index contributed by atoms with van der Waals surface area (Å²) >= 11 is 0. The van der Waals surface area contributed by atoms with Crippen molar-refractivity contribution in [2.45, 2.75) is 31.5 Å². The molecule has 0 heterocycles. The average Bonchev–Trinajstić information content (AvgIpc) is 2.74. The lowest BCUT2D eigenvalue weighted by atomic mass is 9.84. The van der Waals surface area contributed by atoms with Gasteiger partial charge in [0.25, 0.3) is 0 Å². The van der Waals surface area contributed by atoms with Crippen molar-refractivity contribution in [3.05, 3.63) is 0 Å². The van der Waals surface area contributed by atoms with E-state index in [1.54, 1.807) is 0 Å². The number of hydrogen-bond donors (Lipinski definition) is 1. The van der Waals surface area contributed by atoms with E-state index in [0.717, 1.165) is 24.2 Å².